The summed E-state index contributed by atoms with van der Waals surface area (Å²) in [5.74, 6) is 2.53. The summed E-state index contributed by atoms with van der Waals surface area (Å²) in [7, 11) is 0. The first-order valence-corrected chi connectivity index (χ1v) is 4.62. The van der Waals surface area contributed by atoms with Crippen molar-refractivity contribution in [3.8, 4) is 12.3 Å². The van der Waals surface area contributed by atoms with Gasteiger partial charge in [-0.1, -0.05) is 52.2 Å². The predicted octanol–water partition coefficient (Wildman–Crippen LogP) is 2.30. The third-order valence-corrected chi connectivity index (χ3v) is 2.33. The fourth-order valence-corrected chi connectivity index (χ4v) is 1.36. The van der Waals surface area contributed by atoms with Crippen LogP contribution in [0.1, 0.15) is 10.5 Å². The molecule has 0 aliphatic heterocycles. The molecule has 0 fully saturated rings. The third kappa shape index (κ3) is 2.69. The fourth-order valence-electron chi connectivity index (χ4n) is 0.888. The molecule has 1 aromatic carbocycles. The zero-order valence-electron chi connectivity index (χ0n) is 6.63. The molecule has 0 aliphatic carbocycles. The van der Waals surface area contributed by atoms with E-state index in [1.54, 1.807) is 0 Å². The summed E-state index contributed by atoms with van der Waals surface area (Å²) in [5.41, 5.74) is 1.19. The Hall–Kier alpha value is -0.780. The van der Waals surface area contributed by atoms with Crippen molar-refractivity contribution in [3.05, 3.63) is 35.9 Å². The van der Waals surface area contributed by atoms with Crippen molar-refractivity contribution in [2.75, 3.05) is 6.54 Å². The molecule has 0 saturated carbocycles. The van der Waals surface area contributed by atoms with Crippen molar-refractivity contribution in [2.24, 2.45) is 0 Å². The highest BCUT2D eigenvalue weighted by Crippen LogP contribution is 2.17. The second kappa shape index (κ2) is 4.97. The Balaban J connectivity index is 2.55. The zero-order valence-corrected chi connectivity index (χ0v) is 8.21. The van der Waals surface area contributed by atoms with Crippen molar-refractivity contribution in [2.45, 2.75) is 4.95 Å². The molecule has 1 nitrogen and oxygen atoms in total. The summed E-state index contributed by atoms with van der Waals surface area (Å²) in [4.78, 5) is 0.148. The first-order valence-electron chi connectivity index (χ1n) is 3.70. The quantitative estimate of drug-likeness (QED) is 0.472. The lowest BCUT2D eigenvalue weighted by Gasteiger charge is -2.09. The molecule has 0 aromatic heterocycles. The molecule has 0 amide bonds. The van der Waals surface area contributed by atoms with Crippen molar-refractivity contribution in [1.82, 2.24) is 5.32 Å². The molecule has 2 heteroatoms. The SMILES string of the molecule is C#CCNC(Br)c1ccccc1. The molecule has 1 unspecified atom stereocenters. The van der Waals surface area contributed by atoms with Gasteiger partial charge in [0.2, 0.25) is 0 Å². The van der Waals surface area contributed by atoms with E-state index >= 15 is 0 Å². The summed E-state index contributed by atoms with van der Waals surface area (Å²) in [6.07, 6.45) is 5.12. The van der Waals surface area contributed by atoms with E-state index in [1.807, 2.05) is 30.3 Å². The van der Waals surface area contributed by atoms with Crippen molar-refractivity contribution < 1.29 is 0 Å². The summed E-state index contributed by atoms with van der Waals surface area (Å²) in [6, 6.07) is 10.1. The molecule has 12 heavy (non-hydrogen) atoms. The Bertz CT molecular complexity index is 263. The molecule has 62 valence electrons. The Morgan fingerprint density at radius 1 is 1.42 bits per heavy atom. The van der Waals surface area contributed by atoms with Crippen LogP contribution in [0.4, 0.5) is 0 Å². The van der Waals surface area contributed by atoms with E-state index in [1.165, 1.54) is 5.56 Å². The molecule has 0 spiro atoms. The van der Waals surface area contributed by atoms with Crippen LogP contribution in [0.2, 0.25) is 0 Å². The Labute approximate surface area is 81.3 Å². The summed E-state index contributed by atoms with van der Waals surface area (Å²) >= 11 is 3.48. The first-order chi connectivity index (χ1) is 5.84. The van der Waals surface area contributed by atoms with Crippen LogP contribution in [0.5, 0.6) is 0 Å². The van der Waals surface area contributed by atoms with Gasteiger partial charge in [0.25, 0.3) is 0 Å². The fraction of sp³-hybridized carbons (Fsp3) is 0.200. The van der Waals surface area contributed by atoms with Gasteiger partial charge in [-0.15, -0.1) is 6.42 Å². The third-order valence-electron chi connectivity index (χ3n) is 1.48. The van der Waals surface area contributed by atoms with Crippen LogP contribution in [0, 0.1) is 12.3 Å². The highest BCUT2D eigenvalue weighted by Gasteiger charge is 2.02. The van der Waals surface area contributed by atoms with Crippen LogP contribution < -0.4 is 5.32 Å². The maximum absolute atomic E-state index is 5.12. The van der Waals surface area contributed by atoms with Gasteiger partial charge in [-0.05, 0) is 5.56 Å². The second-order valence-corrected chi connectivity index (χ2v) is 3.27. The molecule has 1 rings (SSSR count). The molecular formula is C10H10BrN. The highest BCUT2D eigenvalue weighted by atomic mass is 79.9. The number of hydrogen-bond donors (Lipinski definition) is 1. The maximum Gasteiger partial charge on any atom is 0.0893 e. The summed E-state index contributed by atoms with van der Waals surface area (Å²) in [6.45, 7) is 0.574. The van der Waals surface area contributed by atoms with E-state index in [2.05, 4.69) is 27.2 Å². The van der Waals surface area contributed by atoms with Gasteiger partial charge in [0.15, 0.2) is 0 Å². The number of rotatable bonds is 3. The number of hydrogen-bond acceptors (Lipinski definition) is 1. The van der Waals surface area contributed by atoms with E-state index in [0.717, 1.165) is 0 Å². The van der Waals surface area contributed by atoms with Crippen LogP contribution in [0.3, 0.4) is 0 Å². The average Bonchev–Trinajstić information content (AvgIpc) is 2.15. The lowest BCUT2D eigenvalue weighted by molar-refractivity contribution is 0.762. The van der Waals surface area contributed by atoms with Crippen LogP contribution >= 0.6 is 15.9 Å². The topological polar surface area (TPSA) is 12.0 Å². The minimum absolute atomic E-state index is 0.148. The molecule has 0 saturated heterocycles. The molecule has 0 radical (unpaired) electrons. The van der Waals surface area contributed by atoms with Gasteiger partial charge in [0.1, 0.15) is 0 Å². The van der Waals surface area contributed by atoms with Gasteiger partial charge in [0, 0.05) is 0 Å². The molecule has 0 aliphatic rings. The van der Waals surface area contributed by atoms with E-state index in [9.17, 15) is 0 Å². The lowest BCUT2D eigenvalue weighted by atomic mass is 10.2. The van der Waals surface area contributed by atoms with E-state index in [0.29, 0.717) is 6.54 Å². The molecular weight excluding hydrogens is 214 g/mol. The molecule has 0 bridgehead atoms. The van der Waals surface area contributed by atoms with Crippen molar-refractivity contribution >= 4 is 15.9 Å². The number of alkyl halides is 1. The molecule has 0 heterocycles. The Morgan fingerprint density at radius 3 is 2.67 bits per heavy atom. The standard InChI is InChI=1S/C10H10BrN/c1-2-8-12-10(11)9-6-4-3-5-7-9/h1,3-7,10,12H,8H2. The lowest BCUT2D eigenvalue weighted by Crippen LogP contribution is -2.16. The van der Waals surface area contributed by atoms with Crippen LogP contribution in [0.15, 0.2) is 30.3 Å². The van der Waals surface area contributed by atoms with Crippen LogP contribution in [-0.2, 0) is 0 Å². The normalized spacial score (nSPS) is 12.0. The highest BCUT2D eigenvalue weighted by molar-refractivity contribution is 9.09. The van der Waals surface area contributed by atoms with E-state index < -0.39 is 0 Å². The Morgan fingerprint density at radius 2 is 2.08 bits per heavy atom. The van der Waals surface area contributed by atoms with Crippen LogP contribution in [-0.4, -0.2) is 6.54 Å². The smallest absolute Gasteiger partial charge is 0.0893 e. The van der Waals surface area contributed by atoms with Gasteiger partial charge in [-0.2, -0.15) is 0 Å². The van der Waals surface area contributed by atoms with Gasteiger partial charge in [-0.25, -0.2) is 0 Å². The van der Waals surface area contributed by atoms with Gasteiger partial charge >= 0.3 is 0 Å². The number of halogens is 1. The number of terminal acetylenes is 1. The maximum atomic E-state index is 5.12. The Kier molecular flexibility index (Phi) is 3.86. The summed E-state index contributed by atoms with van der Waals surface area (Å²) in [5, 5.41) is 3.13. The second-order valence-electron chi connectivity index (χ2n) is 2.36. The number of benzene rings is 1. The zero-order chi connectivity index (χ0) is 8.81. The van der Waals surface area contributed by atoms with Gasteiger partial charge in [0.05, 0.1) is 11.5 Å². The monoisotopic (exact) mass is 223 g/mol. The molecule has 1 atom stereocenters. The first kappa shape index (κ1) is 9.31. The minimum atomic E-state index is 0.148. The van der Waals surface area contributed by atoms with E-state index in [4.69, 9.17) is 6.42 Å². The van der Waals surface area contributed by atoms with E-state index in [-0.39, 0.29) is 4.95 Å². The summed E-state index contributed by atoms with van der Waals surface area (Å²) < 4.78 is 0. The predicted molar refractivity (Wildman–Crippen MR) is 54.9 cm³/mol. The van der Waals surface area contributed by atoms with Crippen LogP contribution in [0.25, 0.3) is 0 Å². The largest absolute Gasteiger partial charge is 0.290 e. The molecule has 1 N–H and O–H groups in total. The average molecular weight is 224 g/mol. The number of nitrogens with one attached hydrogen (secondary N) is 1. The van der Waals surface area contributed by atoms with Crippen molar-refractivity contribution in [3.63, 3.8) is 0 Å². The van der Waals surface area contributed by atoms with Gasteiger partial charge < -0.3 is 0 Å². The van der Waals surface area contributed by atoms with Gasteiger partial charge in [-0.3, -0.25) is 5.32 Å². The molecule has 1 aromatic rings. The minimum Gasteiger partial charge on any atom is -0.290 e. The van der Waals surface area contributed by atoms with Crippen molar-refractivity contribution in [1.29, 1.82) is 0 Å².